The molecule has 0 spiro atoms. The lowest BCUT2D eigenvalue weighted by atomic mass is 10.2. The van der Waals surface area contributed by atoms with Crippen molar-refractivity contribution in [2.45, 2.75) is 30.7 Å². The summed E-state index contributed by atoms with van der Waals surface area (Å²) >= 11 is 0. The van der Waals surface area contributed by atoms with Crippen LogP contribution >= 0.6 is 0 Å². The van der Waals surface area contributed by atoms with Gasteiger partial charge in [0.15, 0.2) is 0 Å². The van der Waals surface area contributed by atoms with Gasteiger partial charge < -0.3 is 15.2 Å². The molecule has 1 aliphatic rings. The number of ether oxygens (including phenoxy) is 1. The Morgan fingerprint density at radius 2 is 2.07 bits per heavy atom. The fourth-order valence-corrected chi connectivity index (χ4v) is 1.25. The quantitative estimate of drug-likeness (QED) is 0.705. The maximum Gasteiger partial charge on any atom is 0.406 e. The summed E-state index contributed by atoms with van der Waals surface area (Å²) in [5.74, 6) is 0. The van der Waals surface area contributed by atoms with Crippen molar-refractivity contribution in [3.63, 3.8) is 0 Å². The van der Waals surface area contributed by atoms with E-state index in [1.165, 1.54) is 7.11 Å². The number of hydrogen-bond acceptors (Lipinski definition) is 3. The van der Waals surface area contributed by atoms with Crippen LogP contribution in [0.3, 0.4) is 0 Å². The summed E-state index contributed by atoms with van der Waals surface area (Å²) in [5.41, 5.74) is -1.75. The van der Waals surface area contributed by atoms with Crippen molar-refractivity contribution >= 4 is 0 Å². The number of nitrogens with one attached hydrogen (secondary N) is 1. The van der Waals surface area contributed by atoms with Crippen LogP contribution in [0.25, 0.3) is 0 Å². The summed E-state index contributed by atoms with van der Waals surface area (Å²) in [6.07, 6.45) is -4.92. The molecule has 1 fully saturated rings. The maximum atomic E-state index is 12.4. The molecule has 0 aliphatic heterocycles. The van der Waals surface area contributed by atoms with E-state index >= 15 is 0 Å². The molecular weight excluding hydrogens is 199 g/mol. The minimum Gasteiger partial charge on any atom is -0.389 e. The second kappa shape index (κ2) is 4.04. The van der Waals surface area contributed by atoms with E-state index in [4.69, 9.17) is 5.11 Å². The van der Waals surface area contributed by atoms with Gasteiger partial charge in [0.25, 0.3) is 0 Å². The Kier molecular flexibility index (Phi) is 3.39. The zero-order chi connectivity index (χ0) is 10.8. The molecule has 6 heteroatoms. The molecule has 0 radical (unpaired) electrons. The number of β-amino-alcohol motifs (C(OH)–C–C–N with tert-alkyl or cyclic N) is 1. The first-order valence-electron chi connectivity index (χ1n) is 4.40. The van der Waals surface area contributed by atoms with Crippen molar-refractivity contribution in [2.75, 3.05) is 20.3 Å². The predicted octanol–water partition coefficient (Wildman–Crippen LogP) is 0.678. The second-order valence-electron chi connectivity index (χ2n) is 3.57. The fraction of sp³-hybridized carbons (Fsp3) is 1.00. The average molecular weight is 213 g/mol. The Morgan fingerprint density at radius 3 is 2.43 bits per heavy atom. The highest BCUT2D eigenvalue weighted by molar-refractivity contribution is 5.08. The Hall–Kier alpha value is -0.330. The molecule has 1 rings (SSSR count). The van der Waals surface area contributed by atoms with Crippen LogP contribution in [0, 0.1) is 0 Å². The van der Waals surface area contributed by atoms with E-state index in [1.807, 2.05) is 0 Å². The minimum atomic E-state index is -4.22. The number of aliphatic hydroxyl groups is 1. The Labute approximate surface area is 80.2 Å². The van der Waals surface area contributed by atoms with Gasteiger partial charge in [0.1, 0.15) is 5.54 Å². The summed E-state index contributed by atoms with van der Waals surface area (Å²) in [7, 11) is 1.39. The molecule has 1 atom stereocenters. The van der Waals surface area contributed by atoms with E-state index in [2.05, 4.69) is 10.1 Å². The normalized spacial score (nSPS) is 22.1. The van der Waals surface area contributed by atoms with Gasteiger partial charge in [-0.15, -0.1) is 0 Å². The van der Waals surface area contributed by atoms with Crippen LogP contribution in [0.15, 0.2) is 0 Å². The van der Waals surface area contributed by atoms with Crippen LogP contribution in [0.1, 0.15) is 12.8 Å². The third-order valence-electron chi connectivity index (χ3n) is 2.33. The van der Waals surface area contributed by atoms with Gasteiger partial charge in [-0.25, -0.2) is 0 Å². The number of aliphatic hydroxyl groups excluding tert-OH is 1. The third kappa shape index (κ3) is 2.59. The van der Waals surface area contributed by atoms with Gasteiger partial charge in [0, 0.05) is 13.7 Å². The van der Waals surface area contributed by atoms with E-state index in [0.29, 0.717) is 0 Å². The molecule has 0 aromatic carbocycles. The summed E-state index contributed by atoms with van der Waals surface area (Å²) in [4.78, 5) is 0. The molecule has 1 saturated carbocycles. The average Bonchev–Trinajstić information content (AvgIpc) is 2.80. The fourth-order valence-electron chi connectivity index (χ4n) is 1.25. The van der Waals surface area contributed by atoms with Crippen molar-refractivity contribution in [3.8, 4) is 0 Å². The van der Waals surface area contributed by atoms with E-state index < -0.39 is 17.8 Å². The number of alkyl halides is 3. The number of rotatable bonds is 5. The lowest BCUT2D eigenvalue weighted by molar-refractivity contribution is -0.167. The van der Waals surface area contributed by atoms with Crippen LogP contribution in [0.5, 0.6) is 0 Å². The van der Waals surface area contributed by atoms with E-state index in [1.54, 1.807) is 0 Å². The van der Waals surface area contributed by atoms with Crippen molar-refractivity contribution in [2.24, 2.45) is 0 Å². The van der Waals surface area contributed by atoms with E-state index in [0.717, 1.165) is 0 Å². The number of methoxy groups -OCH3 is 1. The van der Waals surface area contributed by atoms with Crippen molar-refractivity contribution in [3.05, 3.63) is 0 Å². The van der Waals surface area contributed by atoms with Crippen molar-refractivity contribution < 1.29 is 23.0 Å². The second-order valence-corrected chi connectivity index (χ2v) is 3.57. The topological polar surface area (TPSA) is 41.5 Å². The molecule has 3 nitrogen and oxygen atoms in total. The third-order valence-corrected chi connectivity index (χ3v) is 2.33. The molecule has 0 aromatic heterocycles. The summed E-state index contributed by atoms with van der Waals surface area (Å²) in [5, 5.41) is 11.5. The van der Waals surface area contributed by atoms with E-state index in [9.17, 15) is 13.2 Å². The first-order chi connectivity index (χ1) is 6.41. The van der Waals surface area contributed by atoms with Gasteiger partial charge in [-0.05, 0) is 12.8 Å². The Balaban J connectivity index is 2.31. The zero-order valence-corrected chi connectivity index (χ0v) is 7.90. The molecule has 1 aliphatic carbocycles. The maximum absolute atomic E-state index is 12.4. The van der Waals surface area contributed by atoms with Crippen LogP contribution in [-0.2, 0) is 4.74 Å². The SMILES string of the molecule is COCC(O)CNC1(C(F)(F)F)CC1. The molecular formula is C8H14F3NO2. The zero-order valence-electron chi connectivity index (χ0n) is 7.90. The Morgan fingerprint density at radius 1 is 1.50 bits per heavy atom. The highest BCUT2D eigenvalue weighted by Gasteiger charge is 2.63. The molecule has 2 N–H and O–H groups in total. The van der Waals surface area contributed by atoms with Crippen molar-refractivity contribution in [1.29, 1.82) is 0 Å². The van der Waals surface area contributed by atoms with Crippen LogP contribution in [0.4, 0.5) is 13.2 Å². The van der Waals surface area contributed by atoms with Gasteiger partial charge in [0.2, 0.25) is 0 Å². The minimum absolute atomic E-state index is 0.0426. The molecule has 84 valence electrons. The number of hydrogen-bond donors (Lipinski definition) is 2. The standard InChI is InChI=1S/C8H14F3NO2/c1-14-5-6(13)4-12-7(2-3-7)8(9,10)11/h6,12-13H,2-5H2,1H3. The van der Waals surface area contributed by atoms with Crippen LogP contribution in [-0.4, -0.2) is 43.2 Å². The summed E-state index contributed by atoms with van der Waals surface area (Å²) in [6, 6.07) is 0. The molecule has 1 unspecified atom stereocenters. The molecule has 14 heavy (non-hydrogen) atoms. The van der Waals surface area contributed by atoms with Gasteiger partial charge in [-0.1, -0.05) is 0 Å². The van der Waals surface area contributed by atoms with E-state index in [-0.39, 0.29) is 26.0 Å². The summed E-state index contributed by atoms with van der Waals surface area (Å²) < 4.78 is 41.7. The molecule has 0 amide bonds. The van der Waals surface area contributed by atoms with Gasteiger partial charge in [-0.2, -0.15) is 13.2 Å². The number of halogens is 3. The molecule has 0 aromatic rings. The lowest BCUT2D eigenvalue weighted by Crippen LogP contribution is -2.48. The van der Waals surface area contributed by atoms with Crippen LogP contribution in [0.2, 0.25) is 0 Å². The van der Waals surface area contributed by atoms with Gasteiger partial charge in [0.05, 0.1) is 12.7 Å². The lowest BCUT2D eigenvalue weighted by Gasteiger charge is -2.22. The molecule has 0 saturated heterocycles. The van der Waals surface area contributed by atoms with Crippen molar-refractivity contribution in [1.82, 2.24) is 5.32 Å². The van der Waals surface area contributed by atoms with Crippen LogP contribution < -0.4 is 5.32 Å². The summed E-state index contributed by atoms with van der Waals surface area (Å²) in [6.45, 7) is -0.0473. The monoisotopic (exact) mass is 213 g/mol. The first-order valence-corrected chi connectivity index (χ1v) is 4.40. The smallest absolute Gasteiger partial charge is 0.389 e. The molecule has 0 bridgehead atoms. The Bertz CT molecular complexity index is 192. The first kappa shape index (κ1) is 11.7. The van der Waals surface area contributed by atoms with Gasteiger partial charge >= 0.3 is 6.18 Å². The highest BCUT2D eigenvalue weighted by Crippen LogP contribution is 2.48. The van der Waals surface area contributed by atoms with Gasteiger partial charge in [-0.3, -0.25) is 0 Å². The predicted molar refractivity (Wildman–Crippen MR) is 43.9 cm³/mol. The molecule has 0 heterocycles. The highest BCUT2D eigenvalue weighted by atomic mass is 19.4. The largest absolute Gasteiger partial charge is 0.406 e.